The van der Waals surface area contributed by atoms with Crippen LogP contribution in [0.4, 0.5) is 26.0 Å². The summed E-state index contributed by atoms with van der Waals surface area (Å²) in [6.45, 7) is 1.94. The minimum Gasteiger partial charge on any atom is -0.329 e. The van der Waals surface area contributed by atoms with Crippen LogP contribution in [0.3, 0.4) is 0 Å². The standard InChI is InChI=1S/C40H34BF2N8O5S/c1-3-17-57(55,56)48-31-12-11-30(42)38(36(31)43)50-20-27(23-18-44-22-45-19-23)37-32(50)13-15-34(46-37)49(2)25-9-7-24(8-10-25)41-29-6-4-5-26-28(29)21-51(40(26)54)33-14-16-35(52)47-39(33)53/h4-13,15,18-20,22,33,48H,3,14,16-17,21H2,1-2H3,(H,47,52,53). The van der Waals surface area contributed by atoms with Crippen LogP contribution in [0.5, 0.6) is 0 Å². The Morgan fingerprint density at radius 1 is 0.982 bits per heavy atom. The van der Waals surface area contributed by atoms with Gasteiger partial charge in [0, 0.05) is 61.0 Å². The van der Waals surface area contributed by atoms with Gasteiger partial charge in [0.25, 0.3) is 5.91 Å². The molecule has 2 aliphatic rings. The molecule has 3 amide bonds. The SMILES string of the molecule is CCCS(=O)(=O)Nc1ccc(F)c(-n2cc(-c3cncnc3)c3nc(N(C)c4ccc([B]c5cccc6c5CN(C5CCC(=O)NC5=O)C6=O)cc4)ccc32)c1F. The molecular formula is C40H34BF2N8O5S. The van der Waals surface area contributed by atoms with Gasteiger partial charge in [-0.25, -0.2) is 32.2 Å². The van der Waals surface area contributed by atoms with Crippen molar-refractivity contribution in [3.05, 3.63) is 114 Å². The maximum Gasteiger partial charge on any atom is 0.255 e. The molecular weight excluding hydrogens is 753 g/mol. The quantitative estimate of drug-likeness (QED) is 0.146. The molecule has 1 atom stereocenters. The van der Waals surface area contributed by atoms with Crippen molar-refractivity contribution >= 4 is 74.2 Å². The van der Waals surface area contributed by atoms with Gasteiger partial charge in [-0.3, -0.25) is 24.4 Å². The summed E-state index contributed by atoms with van der Waals surface area (Å²) in [4.78, 5) is 54.1. The number of piperidine rings is 1. The second-order valence-corrected chi connectivity index (χ2v) is 15.7. The molecule has 0 saturated carbocycles. The summed E-state index contributed by atoms with van der Waals surface area (Å²) >= 11 is 0. The van der Waals surface area contributed by atoms with Gasteiger partial charge in [0.2, 0.25) is 21.8 Å². The molecule has 17 heteroatoms. The van der Waals surface area contributed by atoms with Crippen molar-refractivity contribution in [2.75, 3.05) is 22.4 Å². The highest BCUT2D eigenvalue weighted by Crippen LogP contribution is 2.36. The van der Waals surface area contributed by atoms with Crippen LogP contribution < -0.4 is 25.9 Å². The molecule has 5 heterocycles. The van der Waals surface area contributed by atoms with Crippen LogP contribution in [0.25, 0.3) is 27.8 Å². The zero-order valence-corrected chi connectivity index (χ0v) is 31.6. The Kier molecular flexibility index (Phi) is 9.77. The third-order valence-electron chi connectivity index (χ3n) is 10.1. The number of imide groups is 1. The van der Waals surface area contributed by atoms with Crippen LogP contribution in [0.15, 0.2) is 91.6 Å². The number of benzene rings is 3. The summed E-state index contributed by atoms with van der Waals surface area (Å²) < 4.78 is 60.1. The Morgan fingerprint density at radius 3 is 2.49 bits per heavy atom. The number of pyridine rings is 1. The fourth-order valence-electron chi connectivity index (χ4n) is 7.29. The minimum absolute atomic E-state index is 0.178. The molecule has 6 aromatic rings. The molecule has 3 aromatic heterocycles. The number of nitrogens with zero attached hydrogens (tertiary/aromatic N) is 6. The van der Waals surface area contributed by atoms with Gasteiger partial charge in [0.1, 0.15) is 29.7 Å². The number of nitrogens with one attached hydrogen (secondary N) is 2. The number of hydrogen-bond acceptors (Lipinski definition) is 9. The summed E-state index contributed by atoms with van der Waals surface area (Å²) in [5, 5.41) is 2.34. The molecule has 1 unspecified atom stereocenters. The van der Waals surface area contributed by atoms with Gasteiger partial charge in [-0.1, -0.05) is 42.1 Å². The smallest absolute Gasteiger partial charge is 0.255 e. The number of amides is 3. The summed E-state index contributed by atoms with van der Waals surface area (Å²) in [7, 11) is -0.0676. The van der Waals surface area contributed by atoms with E-state index in [9.17, 15) is 22.8 Å². The number of rotatable bonds is 11. The molecule has 0 spiro atoms. The van der Waals surface area contributed by atoms with Crippen LogP contribution in [-0.2, 0) is 26.2 Å². The van der Waals surface area contributed by atoms with E-state index < -0.39 is 39.3 Å². The Bertz CT molecular complexity index is 2700. The Balaban J connectivity index is 1.08. The van der Waals surface area contributed by atoms with Gasteiger partial charge in [-0.05, 0) is 60.9 Å². The average Bonchev–Trinajstić information content (AvgIpc) is 3.74. The molecule has 0 aliphatic carbocycles. The Hall–Kier alpha value is -6.49. The van der Waals surface area contributed by atoms with E-state index in [4.69, 9.17) is 4.98 Å². The normalized spacial score (nSPS) is 15.5. The highest BCUT2D eigenvalue weighted by atomic mass is 32.2. The maximum atomic E-state index is 16.0. The molecule has 287 valence electrons. The van der Waals surface area contributed by atoms with Gasteiger partial charge in [0.05, 0.1) is 22.5 Å². The number of carbonyl (C=O) groups excluding carboxylic acids is 3. The van der Waals surface area contributed by atoms with Crippen molar-refractivity contribution < 1.29 is 31.6 Å². The van der Waals surface area contributed by atoms with E-state index in [1.165, 1.54) is 22.0 Å². The lowest BCUT2D eigenvalue weighted by molar-refractivity contribution is -0.136. The lowest BCUT2D eigenvalue weighted by Crippen LogP contribution is -2.52. The maximum absolute atomic E-state index is 16.0. The van der Waals surface area contributed by atoms with E-state index in [1.807, 2.05) is 49.6 Å². The number of carbonyl (C=O) groups is 3. The van der Waals surface area contributed by atoms with Gasteiger partial charge < -0.3 is 14.4 Å². The van der Waals surface area contributed by atoms with Crippen LogP contribution in [0.2, 0.25) is 0 Å². The number of hydrogen-bond donors (Lipinski definition) is 2. The van der Waals surface area contributed by atoms with E-state index in [2.05, 4.69) is 20.0 Å². The lowest BCUT2D eigenvalue weighted by atomic mass is 9.62. The Morgan fingerprint density at radius 2 is 1.75 bits per heavy atom. The first-order chi connectivity index (χ1) is 27.4. The average molecular weight is 788 g/mol. The van der Waals surface area contributed by atoms with E-state index >= 15 is 8.78 Å². The van der Waals surface area contributed by atoms with Crippen molar-refractivity contribution in [3.8, 4) is 16.8 Å². The fraction of sp³-hybridized carbons (Fsp3) is 0.200. The first-order valence-electron chi connectivity index (χ1n) is 18.1. The monoisotopic (exact) mass is 787 g/mol. The summed E-state index contributed by atoms with van der Waals surface area (Å²) in [5.74, 6) is -2.74. The summed E-state index contributed by atoms with van der Waals surface area (Å²) in [5.41, 5.74) is 4.74. The molecule has 13 nitrogen and oxygen atoms in total. The minimum atomic E-state index is -3.87. The van der Waals surface area contributed by atoms with E-state index in [0.717, 1.165) is 34.3 Å². The van der Waals surface area contributed by atoms with Gasteiger partial charge in [-0.2, -0.15) is 0 Å². The zero-order chi connectivity index (χ0) is 40.0. The van der Waals surface area contributed by atoms with Crippen molar-refractivity contribution in [1.82, 2.24) is 29.7 Å². The van der Waals surface area contributed by atoms with E-state index in [-0.39, 0.29) is 42.6 Å². The zero-order valence-electron chi connectivity index (χ0n) is 30.7. The highest BCUT2D eigenvalue weighted by molar-refractivity contribution is 7.92. The molecule has 2 aliphatic heterocycles. The van der Waals surface area contributed by atoms with Crippen LogP contribution in [0.1, 0.15) is 42.1 Å². The van der Waals surface area contributed by atoms with Gasteiger partial charge >= 0.3 is 0 Å². The predicted molar refractivity (Wildman–Crippen MR) is 212 cm³/mol. The molecule has 3 aromatic carbocycles. The van der Waals surface area contributed by atoms with Crippen molar-refractivity contribution in [3.63, 3.8) is 0 Å². The van der Waals surface area contributed by atoms with Crippen LogP contribution in [-0.4, -0.2) is 76.7 Å². The number of fused-ring (bicyclic) bond motifs is 2. The topological polar surface area (TPSA) is 159 Å². The van der Waals surface area contributed by atoms with Crippen molar-refractivity contribution in [2.45, 2.75) is 38.8 Å². The molecule has 1 saturated heterocycles. The van der Waals surface area contributed by atoms with Crippen molar-refractivity contribution in [2.24, 2.45) is 0 Å². The second-order valence-electron chi connectivity index (χ2n) is 13.8. The molecule has 0 bridgehead atoms. The molecule has 1 fully saturated rings. The van der Waals surface area contributed by atoms with Crippen LogP contribution in [0, 0.1) is 11.6 Å². The van der Waals surface area contributed by atoms with E-state index in [1.54, 1.807) is 43.6 Å². The number of aromatic nitrogens is 4. The first-order valence-corrected chi connectivity index (χ1v) is 19.8. The third kappa shape index (κ3) is 7.10. The first kappa shape index (κ1) is 37.4. The lowest BCUT2D eigenvalue weighted by Gasteiger charge is -2.29. The predicted octanol–water partition coefficient (Wildman–Crippen LogP) is 4.10. The van der Waals surface area contributed by atoms with Crippen LogP contribution >= 0.6 is 0 Å². The van der Waals surface area contributed by atoms with Crippen molar-refractivity contribution in [1.29, 1.82) is 0 Å². The van der Waals surface area contributed by atoms with Gasteiger partial charge in [0.15, 0.2) is 13.1 Å². The molecule has 8 rings (SSSR count). The van der Waals surface area contributed by atoms with E-state index in [0.29, 0.717) is 40.0 Å². The molecule has 1 radical (unpaired) electrons. The second kappa shape index (κ2) is 14.9. The van der Waals surface area contributed by atoms with Gasteiger partial charge in [-0.15, -0.1) is 0 Å². The largest absolute Gasteiger partial charge is 0.329 e. The number of anilines is 3. The highest BCUT2D eigenvalue weighted by Gasteiger charge is 2.39. The molecule has 57 heavy (non-hydrogen) atoms. The number of halogens is 2. The summed E-state index contributed by atoms with van der Waals surface area (Å²) in [6.07, 6.45) is 6.78. The summed E-state index contributed by atoms with van der Waals surface area (Å²) in [6, 6.07) is 17.9. The fourth-order valence-corrected chi connectivity index (χ4v) is 8.43. The Labute approximate surface area is 327 Å². The third-order valence-corrected chi connectivity index (χ3v) is 11.6. The number of sulfonamides is 1. The molecule has 2 N–H and O–H groups in total.